The molecule has 0 aliphatic heterocycles. The summed E-state index contributed by atoms with van der Waals surface area (Å²) in [6.45, 7) is 4.06. The molecule has 0 radical (unpaired) electrons. The number of fused-ring (bicyclic) bond motifs is 2. The minimum Gasteiger partial charge on any atom is -0.497 e. The molecular formula is C23H22N2O4S. The Labute approximate surface area is 177 Å². The Kier molecular flexibility index (Phi) is 5.63. The molecule has 30 heavy (non-hydrogen) atoms. The van der Waals surface area contributed by atoms with Gasteiger partial charge in [-0.3, -0.25) is 9.36 Å². The SMILES string of the molecule is CCC(C)n1c(SCc2cc(=O)oc3cc(OC)ccc23)nc2ccccc2c1=O. The highest BCUT2D eigenvalue weighted by atomic mass is 32.2. The topological polar surface area (TPSA) is 74.3 Å². The van der Waals surface area contributed by atoms with E-state index < -0.39 is 5.63 Å². The van der Waals surface area contributed by atoms with Crippen molar-refractivity contribution in [3.05, 3.63) is 74.9 Å². The Morgan fingerprint density at radius 2 is 1.93 bits per heavy atom. The van der Waals surface area contributed by atoms with Crippen LogP contribution in [-0.4, -0.2) is 16.7 Å². The Morgan fingerprint density at radius 3 is 2.70 bits per heavy atom. The number of thioether (sulfide) groups is 1. The van der Waals surface area contributed by atoms with E-state index in [1.165, 1.54) is 17.8 Å². The highest BCUT2D eigenvalue weighted by Gasteiger charge is 2.16. The van der Waals surface area contributed by atoms with Gasteiger partial charge in [0.2, 0.25) is 0 Å². The van der Waals surface area contributed by atoms with E-state index in [-0.39, 0.29) is 11.6 Å². The minimum absolute atomic E-state index is 0.0129. The second-order valence-corrected chi connectivity index (χ2v) is 8.03. The molecule has 2 heterocycles. The summed E-state index contributed by atoms with van der Waals surface area (Å²) in [6, 6.07) is 14.3. The number of rotatable bonds is 6. The number of nitrogens with zero attached hydrogens (tertiary/aromatic N) is 2. The van der Waals surface area contributed by atoms with Crippen molar-refractivity contribution >= 4 is 33.6 Å². The second kappa shape index (κ2) is 8.36. The van der Waals surface area contributed by atoms with E-state index >= 15 is 0 Å². The number of ether oxygens (including phenoxy) is 1. The first-order valence-corrected chi connectivity index (χ1v) is 10.7. The lowest BCUT2D eigenvalue weighted by Crippen LogP contribution is -2.26. The Hall–Kier alpha value is -3.06. The van der Waals surface area contributed by atoms with Gasteiger partial charge < -0.3 is 9.15 Å². The van der Waals surface area contributed by atoms with Crippen LogP contribution < -0.4 is 15.9 Å². The van der Waals surface area contributed by atoms with Crippen molar-refractivity contribution < 1.29 is 9.15 Å². The quantitative estimate of drug-likeness (QED) is 0.253. The Morgan fingerprint density at radius 1 is 1.13 bits per heavy atom. The van der Waals surface area contributed by atoms with Crippen LogP contribution >= 0.6 is 11.8 Å². The molecule has 0 amide bonds. The highest BCUT2D eigenvalue weighted by molar-refractivity contribution is 7.98. The number of aromatic nitrogens is 2. The fourth-order valence-corrected chi connectivity index (χ4v) is 4.49. The molecule has 6 nitrogen and oxygen atoms in total. The molecule has 4 rings (SSSR count). The molecule has 0 fully saturated rings. The first-order chi connectivity index (χ1) is 14.5. The molecule has 1 atom stereocenters. The van der Waals surface area contributed by atoms with E-state index in [2.05, 4.69) is 0 Å². The molecule has 0 spiro atoms. The van der Waals surface area contributed by atoms with Crippen molar-refractivity contribution in [3.63, 3.8) is 0 Å². The van der Waals surface area contributed by atoms with E-state index in [0.717, 1.165) is 17.4 Å². The summed E-state index contributed by atoms with van der Waals surface area (Å²) in [4.78, 5) is 30.0. The molecule has 154 valence electrons. The minimum atomic E-state index is -0.419. The summed E-state index contributed by atoms with van der Waals surface area (Å²) in [5, 5.41) is 2.09. The lowest BCUT2D eigenvalue weighted by atomic mass is 10.1. The molecule has 0 N–H and O–H groups in total. The molecule has 0 aliphatic carbocycles. The highest BCUT2D eigenvalue weighted by Crippen LogP contribution is 2.29. The van der Waals surface area contributed by atoms with Gasteiger partial charge in [0.1, 0.15) is 11.3 Å². The van der Waals surface area contributed by atoms with E-state index in [4.69, 9.17) is 14.1 Å². The lowest BCUT2D eigenvalue weighted by molar-refractivity contribution is 0.414. The zero-order valence-electron chi connectivity index (χ0n) is 17.0. The van der Waals surface area contributed by atoms with Crippen LogP contribution in [-0.2, 0) is 5.75 Å². The van der Waals surface area contributed by atoms with E-state index in [9.17, 15) is 9.59 Å². The van der Waals surface area contributed by atoms with Crippen molar-refractivity contribution in [2.45, 2.75) is 37.2 Å². The number of methoxy groups -OCH3 is 1. The second-order valence-electron chi connectivity index (χ2n) is 7.09. The smallest absolute Gasteiger partial charge is 0.336 e. The van der Waals surface area contributed by atoms with Crippen LogP contribution in [0.2, 0.25) is 0 Å². The first kappa shape index (κ1) is 20.2. The molecule has 0 saturated heterocycles. The van der Waals surface area contributed by atoms with Crippen molar-refractivity contribution in [2.75, 3.05) is 7.11 Å². The standard InChI is InChI=1S/C23H22N2O4S/c1-4-14(2)25-22(27)18-7-5-6-8-19(18)24-23(25)30-13-15-11-21(26)29-20-12-16(28-3)9-10-17(15)20/h5-12,14H,4,13H2,1-3H3. The van der Waals surface area contributed by atoms with Crippen LogP contribution in [0.1, 0.15) is 31.9 Å². The van der Waals surface area contributed by atoms with Gasteiger partial charge in [-0.2, -0.15) is 0 Å². The molecular weight excluding hydrogens is 400 g/mol. The fourth-order valence-electron chi connectivity index (χ4n) is 3.40. The maximum absolute atomic E-state index is 13.1. The molecule has 0 bridgehead atoms. The number of hydrogen-bond acceptors (Lipinski definition) is 6. The molecule has 2 aromatic carbocycles. The van der Waals surface area contributed by atoms with E-state index in [1.807, 2.05) is 44.2 Å². The van der Waals surface area contributed by atoms with Gasteiger partial charge in [-0.05, 0) is 43.2 Å². The normalized spacial score (nSPS) is 12.4. The molecule has 4 aromatic rings. The van der Waals surface area contributed by atoms with Crippen LogP contribution in [0.25, 0.3) is 21.9 Å². The van der Waals surface area contributed by atoms with Gasteiger partial charge in [0.25, 0.3) is 5.56 Å². The average molecular weight is 423 g/mol. The average Bonchev–Trinajstić information content (AvgIpc) is 2.76. The summed E-state index contributed by atoms with van der Waals surface area (Å²) in [6.07, 6.45) is 0.811. The summed E-state index contributed by atoms with van der Waals surface area (Å²) < 4.78 is 12.3. The van der Waals surface area contributed by atoms with Crippen molar-refractivity contribution in [2.24, 2.45) is 0 Å². The van der Waals surface area contributed by atoms with Gasteiger partial charge in [0.05, 0.1) is 18.0 Å². The van der Waals surface area contributed by atoms with Gasteiger partial charge in [-0.15, -0.1) is 0 Å². The summed E-state index contributed by atoms with van der Waals surface area (Å²) >= 11 is 1.45. The van der Waals surface area contributed by atoms with Gasteiger partial charge in [-0.25, -0.2) is 9.78 Å². The van der Waals surface area contributed by atoms with Crippen LogP contribution in [0, 0.1) is 0 Å². The summed E-state index contributed by atoms with van der Waals surface area (Å²) in [7, 11) is 1.57. The van der Waals surface area contributed by atoms with Crippen molar-refractivity contribution in [1.29, 1.82) is 0 Å². The van der Waals surface area contributed by atoms with Gasteiger partial charge in [0, 0.05) is 29.3 Å². The largest absolute Gasteiger partial charge is 0.497 e. The zero-order chi connectivity index (χ0) is 21.3. The predicted molar refractivity (Wildman–Crippen MR) is 120 cm³/mol. The molecule has 0 saturated carbocycles. The first-order valence-electron chi connectivity index (χ1n) is 9.76. The number of para-hydroxylation sites is 1. The zero-order valence-corrected chi connectivity index (χ0v) is 17.9. The lowest BCUT2D eigenvalue weighted by Gasteiger charge is -2.18. The third-order valence-electron chi connectivity index (χ3n) is 5.20. The van der Waals surface area contributed by atoms with E-state index in [0.29, 0.717) is 33.1 Å². The molecule has 7 heteroatoms. The fraction of sp³-hybridized carbons (Fsp3) is 0.261. The van der Waals surface area contributed by atoms with Gasteiger partial charge in [-0.1, -0.05) is 30.8 Å². The maximum atomic E-state index is 13.1. The molecule has 2 aromatic heterocycles. The number of benzene rings is 2. The van der Waals surface area contributed by atoms with E-state index in [1.54, 1.807) is 23.8 Å². The van der Waals surface area contributed by atoms with Crippen molar-refractivity contribution in [1.82, 2.24) is 9.55 Å². The Bertz CT molecular complexity index is 1340. The van der Waals surface area contributed by atoms with Crippen LogP contribution in [0.15, 0.2) is 67.7 Å². The third-order valence-corrected chi connectivity index (χ3v) is 6.20. The molecule has 0 aliphatic rings. The number of hydrogen-bond donors (Lipinski definition) is 0. The Balaban J connectivity index is 1.79. The predicted octanol–water partition coefficient (Wildman–Crippen LogP) is 4.77. The van der Waals surface area contributed by atoms with Gasteiger partial charge >= 0.3 is 5.63 Å². The third kappa shape index (κ3) is 3.73. The van der Waals surface area contributed by atoms with Crippen LogP contribution in [0.3, 0.4) is 0 Å². The van der Waals surface area contributed by atoms with Crippen molar-refractivity contribution in [3.8, 4) is 5.75 Å². The maximum Gasteiger partial charge on any atom is 0.336 e. The van der Waals surface area contributed by atoms with Crippen LogP contribution in [0.5, 0.6) is 5.75 Å². The monoisotopic (exact) mass is 422 g/mol. The molecule has 1 unspecified atom stereocenters. The summed E-state index contributed by atoms with van der Waals surface area (Å²) in [5.41, 5.74) is 1.51. The summed E-state index contributed by atoms with van der Waals surface area (Å²) in [5.74, 6) is 1.10. The van der Waals surface area contributed by atoms with Crippen LogP contribution in [0.4, 0.5) is 0 Å². The van der Waals surface area contributed by atoms with Gasteiger partial charge in [0.15, 0.2) is 5.16 Å².